The number of carbonyl (C=O) groups excluding carboxylic acids is 1. The molecule has 0 aromatic heterocycles. The second-order valence-corrected chi connectivity index (χ2v) is 5.14. The first-order valence-electron chi connectivity index (χ1n) is 4.31. The maximum atomic E-state index is 10.8. The third-order valence-electron chi connectivity index (χ3n) is 1.62. The smallest absolute Gasteiger partial charge is 0.153 e. The fraction of sp³-hybridized carbons (Fsp3) is 0.300. The molecule has 0 spiro atoms. The van der Waals surface area contributed by atoms with E-state index in [2.05, 4.69) is 15.9 Å². The summed E-state index contributed by atoms with van der Waals surface area (Å²) in [5.74, 6) is 1.11. The maximum absolute atomic E-state index is 10.8. The van der Waals surface area contributed by atoms with Crippen LogP contribution in [-0.2, 0) is 0 Å². The Labute approximate surface area is 102 Å². The zero-order valence-electron chi connectivity index (χ0n) is 8.57. The predicted octanol–water partition coefficient (Wildman–Crippen LogP) is 2.81. The van der Waals surface area contributed by atoms with Crippen LogP contribution in [0.5, 0.6) is 5.75 Å². The summed E-state index contributed by atoms with van der Waals surface area (Å²) in [5.41, 5.74) is 0.559. The van der Waals surface area contributed by atoms with Crippen molar-refractivity contribution in [2.45, 2.75) is 0 Å². The van der Waals surface area contributed by atoms with Crippen LogP contribution >= 0.6 is 27.9 Å². The highest BCUT2D eigenvalue weighted by molar-refractivity contribution is 9.10. The molecule has 1 aromatic rings. The van der Waals surface area contributed by atoms with Gasteiger partial charge in [-0.25, -0.2) is 0 Å². The number of carbonyl (C=O) groups is 1. The van der Waals surface area contributed by atoms with E-state index in [1.807, 2.05) is 24.5 Å². The van der Waals surface area contributed by atoms with Gasteiger partial charge in [-0.1, -0.05) is 15.9 Å². The van der Waals surface area contributed by atoms with Crippen molar-refractivity contribution < 1.29 is 9.53 Å². The lowest BCUT2D eigenvalue weighted by molar-refractivity contribution is 0.112. The fourth-order valence-electron chi connectivity index (χ4n) is 0.938. The lowest BCUT2D eigenvalue weighted by Gasteiger charge is -2.11. The molecule has 0 N–H and O–H groups in total. The van der Waals surface area contributed by atoms with Crippen LogP contribution in [0.15, 0.2) is 22.7 Å². The highest BCUT2D eigenvalue weighted by Crippen LogP contribution is 2.22. The van der Waals surface area contributed by atoms with Crippen molar-refractivity contribution in [3.8, 4) is 5.75 Å². The van der Waals surface area contributed by atoms with Gasteiger partial charge in [0.05, 0.1) is 5.56 Å². The second kappa shape index (κ2) is 6.15. The van der Waals surface area contributed by atoms with Gasteiger partial charge in [-0.2, -0.15) is 0 Å². The average Bonchev–Trinajstić information content (AvgIpc) is 2.19. The molecule has 0 radical (unpaired) electrons. The van der Waals surface area contributed by atoms with E-state index < -0.39 is 0 Å². The van der Waals surface area contributed by atoms with Crippen molar-refractivity contribution in [3.05, 3.63) is 28.2 Å². The van der Waals surface area contributed by atoms with Crippen molar-refractivity contribution in [2.24, 2.45) is 0 Å². The molecule has 3 nitrogen and oxygen atoms in total. The number of rotatable bonds is 5. The van der Waals surface area contributed by atoms with Gasteiger partial charge in [0.1, 0.15) is 11.7 Å². The minimum Gasteiger partial charge on any atom is -0.481 e. The molecule has 0 fully saturated rings. The van der Waals surface area contributed by atoms with Crippen molar-refractivity contribution in [1.82, 2.24) is 4.31 Å². The number of aldehydes is 1. The molecule has 0 aliphatic carbocycles. The molecular weight excluding hydrogens is 278 g/mol. The molecule has 15 heavy (non-hydrogen) atoms. The molecule has 0 aliphatic rings. The quantitative estimate of drug-likeness (QED) is 0.474. The van der Waals surface area contributed by atoms with Gasteiger partial charge in [0.15, 0.2) is 6.29 Å². The van der Waals surface area contributed by atoms with Crippen molar-refractivity contribution in [1.29, 1.82) is 0 Å². The Morgan fingerprint density at radius 3 is 2.87 bits per heavy atom. The van der Waals surface area contributed by atoms with Crippen molar-refractivity contribution in [2.75, 3.05) is 20.0 Å². The molecule has 0 aliphatic heterocycles. The van der Waals surface area contributed by atoms with Crippen LogP contribution in [0.1, 0.15) is 10.4 Å². The third kappa shape index (κ3) is 4.24. The summed E-state index contributed by atoms with van der Waals surface area (Å²) in [6.45, 7) is 0. The number of nitrogens with zero attached hydrogens (tertiary/aromatic N) is 1. The summed E-state index contributed by atoms with van der Waals surface area (Å²) in [4.78, 5) is 10.8. The summed E-state index contributed by atoms with van der Waals surface area (Å²) >= 11 is 4.83. The molecule has 82 valence electrons. The van der Waals surface area contributed by atoms with E-state index in [1.54, 1.807) is 12.1 Å². The highest BCUT2D eigenvalue weighted by Gasteiger charge is 2.03. The number of ether oxygens (including phenoxy) is 1. The van der Waals surface area contributed by atoms with E-state index in [1.165, 1.54) is 11.9 Å². The van der Waals surface area contributed by atoms with Crippen LogP contribution < -0.4 is 4.74 Å². The molecule has 0 saturated heterocycles. The standard InChI is InChI=1S/C10H12BrNO2S/c1-12(2)15-7-14-10-4-3-9(11)5-8(10)6-13/h3-6H,7H2,1-2H3. The lowest BCUT2D eigenvalue weighted by atomic mass is 10.2. The van der Waals surface area contributed by atoms with E-state index in [9.17, 15) is 4.79 Å². The summed E-state index contributed by atoms with van der Waals surface area (Å²) < 4.78 is 8.28. The lowest BCUT2D eigenvalue weighted by Crippen LogP contribution is -2.05. The summed E-state index contributed by atoms with van der Waals surface area (Å²) in [6, 6.07) is 5.37. The van der Waals surface area contributed by atoms with E-state index >= 15 is 0 Å². The van der Waals surface area contributed by atoms with E-state index in [0.29, 0.717) is 17.3 Å². The van der Waals surface area contributed by atoms with Crippen LogP contribution in [0, 0.1) is 0 Å². The Morgan fingerprint density at radius 2 is 2.27 bits per heavy atom. The van der Waals surface area contributed by atoms with Gasteiger partial charge in [-0.15, -0.1) is 0 Å². The first-order chi connectivity index (χ1) is 7.13. The van der Waals surface area contributed by atoms with Gasteiger partial charge in [0.25, 0.3) is 0 Å². The van der Waals surface area contributed by atoms with Gasteiger partial charge in [0, 0.05) is 4.47 Å². The minimum absolute atomic E-state index is 0.496. The van der Waals surface area contributed by atoms with Gasteiger partial charge in [-0.05, 0) is 44.2 Å². The molecular formula is C10H12BrNO2S. The molecule has 5 heteroatoms. The molecule has 1 rings (SSSR count). The highest BCUT2D eigenvalue weighted by atomic mass is 79.9. The normalized spacial score (nSPS) is 10.4. The molecule has 0 amide bonds. The molecule has 0 unspecified atom stereocenters. The monoisotopic (exact) mass is 289 g/mol. The first-order valence-corrected chi connectivity index (χ1v) is 6.05. The second-order valence-electron chi connectivity index (χ2n) is 3.00. The van der Waals surface area contributed by atoms with Crippen LogP contribution in [0.25, 0.3) is 0 Å². The van der Waals surface area contributed by atoms with Crippen LogP contribution in [0.4, 0.5) is 0 Å². The van der Waals surface area contributed by atoms with Gasteiger partial charge < -0.3 is 4.74 Å². The molecule has 0 heterocycles. The van der Waals surface area contributed by atoms with Crippen molar-refractivity contribution in [3.63, 3.8) is 0 Å². The topological polar surface area (TPSA) is 29.5 Å². The Bertz CT molecular complexity index is 344. The molecule has 0 atom stereocenters. The van der Waals surface area contributed by atoms with Crippen molar-refractivity contribution >= 4 is 34.2 Å². The minimum atomic E-state index is 0.496. The SMILES string of the molecule is CN(C)SCOc1ccc(Br)cc1C=O. The zero-order valence-corrected chi connectivity index (χ0v) is 11.0. The zero-order chi connectivity index (χ0) is 11.3. The average molecular weight is 290 g/mol. The van der Waals surface area contributed by atoms with Gasteiger partial charge in [-0.3, -0.25) is 9.10 Å². The Kier molecular flexibility index (Phi) is 5.14. The Hall–Kier alpha value is -0.520. The van der Waals surface area contributed by atoms with Crippen LogP contribution in [0.2, 0.25) is 0 Å². The van der Waals surface area contributed by atoms with E-state index in [-0.39, 0.29) is 0 Å². The first kappa shape index (κ1) is 12.5. The third-order valence-corrected chi connectivity index (χ3v) is 2.86. The van der Waals surface area contributed by atoms with E-state index in [0.717, 1.165) is 10.8 Å². The maximum Gasteiger partial charge on any atom is 0.153 e. The molecule has 0 bridgehead atoms. The van der Waals surface area contributed by atoms with Gasteiger partial charge >= 0.3 is 0 Å². The van der Waals surface area contributed by atoms with Gasteiger partial charge in [0.2, 0.25) is 0 Å². The van der Waals surface area contributed by atoms with Crippen LogP contribution in [-0.4, -0.2) is 30.6 Å². The number of halogens is 1. The number of hydrogen-bond acceptors (Lipinski definition) is 4. The fourth-order valence-corrected chi connectivity index (χ4v) is 1.71. The summed E-state index contributed by atoms with van der Waals surface area (Å²) in [7, 11) is 3.88. The largest absolute Gasteiger partial charge is 0.481 e. The number of hydrogen-bond donors (Lipinski definition) is 0. The summed E-state index contributed by atoms with van der Waals surface area (Å²) in [6.07, 6.45) is 0.792. The number of benzene rings is 1. The summed E-state index contributed by atoms with van der Waals surface area (Å²) in [5, 5.41) is 0. The molecule has 0 saturated carbocycles. The van der Waals surface area contributed by atoms with E-state index in [4.69, 9.17) is 4.74 Å². The Morgan fingerprint density at radius 1 is 1.53 bits per heavy atom. The Balaban J connectivity index is 2.64. The molecule has 1 aromatic carbocycles. The predicted molar refractivity (Wildman–Crippen MR) is 66.3 cm³/mol. The van der Waals surface area contributed by atoms with Crippen LogP contribution in [0.3, 0.4) is 0 Å².